The molecule has 0 bridgehead atoms. The maximum Gasteiger partial charge on any atom is 0.293 e. The first kappa shape index (κ1) is 15.3. The molecule has 0 unspecified atom stereocenters. The molecule has 0 aromatic heterocycles. The Balaban J connectivity index is 0.000000293. The number of carbonyl (C=O) groups is 1. The molecule has 0 aliphatic carbocycles. The van der Waals surface area contributed by atoms with Gasteiger partial charge in [-0.05, 0) is 27.7 Å². The predicted molar refractivity (Wildman–Crippen MR) is 63.2 cm³/mol. The van der Waals surface area contributed by atoms with Gasteiger partial charge in [0.25, 0.3) is 6.47 Å². The molecule has 16 heavy (non-hydrogen) atoms. The topological polar surface area (TPSA) is 59.6 Å². The van der Waals surface area contributed by atoms with E-state index in [0.29, 0.717) is 6.47 Å². The SMILES string of the molecule is CC(C)(C)OC=O.CCO[C@H]1CNCCN1. The maximum absolute atomic E-state index is 9.60. The minimum absolute atomic E-state index is 0.240. The molecule has 2 N–H and O–H groups in total. The van der Waals surface area contributed by atoms with Crippen molar-refractivity contribution in [2.24, 2.45) is 0 Å². The van der Waals surface area contributed by atoms with Gasteiger partial charge in [0.1, 0.15) is 11.8 Å². The summed E-state index contributed by atoms with van der Waals surface area (Å²) in [6.45, 7) is 11.7. The third-order valence-electron chi connectivity index (χ3n) is 1.77. The van der Waals surface area contributed by atoms with Crippen molar-refractivity contribution in [3.8, 4) is 0 Å². The van der Waals surface area contributed by atoms with Crippen LogP contribution < -0.4 is 10.6 Å². The number of nitrogens with one attached hydrogen (secondary N) is 2. The Morgan fingerprint density at radius 2 is 2.06 bits per heavy atom. The molecule has 5 nitrogen and oxygen atoms in total. The van der Waals surface area contributed by atoms with Gasteiger partial charge in [-0.1, -0.05) is 0 Å². The summed E-state index contributed by atoms with van der Waals surface area (Å²) in [5.41, 5.74) is -0.318. The molecular weight excluding hydrogens is 208 g/mol. The number of carbonyl (C=O) groups excluding carboxylic acids is 1. The van der Waals surface area contributed by atoms with Crippen LogP contribution in [-0.4, -0.2) is 44.5 Å². The summed E-state index contributed by atoms with van der Waals surface area (Å²) in [5, 5.41) is 6.47. The van der Waals surface area contributed by atoms with E-state index < -0.39 is 0 Å². The van der Waals surface area contributed by atoms with Gasteiger partial charge in [0.2, 0.25) is 0 Å². The smallest absolute Gasteiger partial charge is 0.293 e. The fraction of sp³-hybridized carbons (Fsp3) is 0.909. The van der Waals surface area contributed by atoms with Crippen molar-refractivity contribution in [3.05, 3.63) is 0 Å². The van der Waals surface area contributed by atoms with E-state index in [4.69, 9.17) is 4.74 Å². The Morgan fingerprint density at radius 3 is 2.38 bits per heavy atom. The lowest BCUT2D eigenvalue weighted by Crippen LogP contribution is -2.49. The normalized spacial score (nSPS) is 20.6. The minimum atomic E-state index is -0.318. The molecule has 0 radical (unpaired) electrons. The molecule has 1 aliphatic rings. The van der Waals surface area contributed by atoms with Gasteiger partial charge in [0.05, 0.1) is 0 Å². The standard InChI is InChI=1S/C6H14N2O.C5H10O2/c1-2-9-6-5-7-3-4-8-6;1-5(2,3)7-4-6/h6-8H,2-5H2,1H3;4H,1-3H3/t6-;/m0./s1. The molecule has 0 amide bonds. The Bertz CT molecular complexity index is 172. The van der Waals surface area contributed by atoms with Crippen molar-refractivity contribution in [1.82, 2.24) is 10.6 Å². The van der Waals surface area contributed by atoms with E-state index in [1.54, 1.807) is 0 Å². The molecular formula is C11H24N2O3. The van der Waals surface area contributed by atoms with E-state index in [-0.39, 0.29) is 11.8 Å². The van der Waals surface area contributed by atoms with Crippen molar-refractivity contribution in [1.29, 1.82) is 0 Å². The van der Waals surface area contributed by atoms with Crippen LogP contribution in [0.5, 0.6) is 0 Å². The second kappa shape index (κ2) is 8.50. The minimum Gasteiger partial charge on any atom is -0.462 e. The van der Waals surface area contributed by atoms with E-state index in [1.807, 2.05) is 27.7 Å². The fourth-order valence-corrected chi connectivity index (χ4v) is 1.09. The number of piperazine rings is 1. The van der Waals surface area contributed by atoms with Gasteiger partial charge in [-0.15, -0.1) is 0 Å². The van der Waals surface area contributed by atoms with Gasteiger partial charge >= 0.3 is 0 Å². The lowest BCUT2D eigenvalue weighted by Gasteiger charge is -2.23. The zero-order valence-electron chi connectivity index (χ0n) is 10.7. The van der Waals surface area contributed by atoms with Crippen molar-refractivity contribution in [2.45, 2.75) is 39.5 Å². The van der Waals surface area contributed by atoms with Gasteiger partial charge in [0, 0.05) is 26.2 Å². The van der Waals surface area contributed by atoms with Crippen LogP contribution in [0.1, 0.15) is 27.7 Å². The highest BCUT2D eigenvalue weighted by atomic mass is 16.5. The molecule has 0 saturated carbocycles. The van der Waals surface area contributed by atoms with E-state index in [9.17, 15) is 4.79 Å². The van der Waals surface area contributed by atoms with Crippen LogP contribution in [0.2, 0.25) is 0 Å². The van der Waals surface area contributed by atoms with Crippen LogP contribution in [0.3, 0.4) is 0 Å². The van der Waals surface area contributed by atoms with Crippen molar-refractivity contribution in [2.75, 3.05) is 26.2 Å². The second-order valence-electron chi connectivity index (χ2n) is 4.43. The first-order valence-electron chi connectivity index (χ1n) is 5.66. The van der Waals surface area contributed by atoms with Crippen LogP contribution in [0, 0.1) is 0 Å². The number of hydrogen-bond acceptors (Lipinski definition) is 5. The Labute approximate surface area is 97.9 Å². The molecule has 5 heteroatoms. The highest BCUT2D eigenvalue weighted by Crippen LogP contribution is 2.02. The highest BCUT2D eigenvalue weighted by Gasteiger charge is 2.09. The zero-order chi connectivity index (χ0) is 12.4. The largest absolute Gasteiger partial charge is 0.462 e. The molecule has 1 aliphatic heterocycles. The van der Waals surface area contributed by atoms with E-state index in [1.165, 1.54) is 0 Å². The molecule has 1 fully saturated rings. The third-order valence-corrected chi connectivity index (χ3v) is 1.77. The fourth-order valence-electron chi connectivity index (χ4n) is 1.09. The van der Waals surface area contributed by atoms with Crippen LogP contribution in [0.25, 0.3) is 0 Å². The Hall–Kier alpha value is -0.650. The summed E-state index contributed by atoms with van der Waals surface area (Å²) in [4.78, 5) is 9.60. The van der Waals surface area contributed by atoms with Crippen molar-refractivity contribution < 1.29 is 14.3 Å². The summed E-state index contributed by atoms with van der Waals surface area (Å²) in [7, 11) is 0. The molecule has 1 saturated heterocycles. The van der Waals surface area contributed by atoms with Gasteiger partial charge in [-0.25, -0.2) is 0 Å². The summed E-state index contributed by atoms with van der Waals surface area (Å²) < 4.78 is 9.86. The molecule has 96 valence electrons. The first-order chi connectivity index (χ1) is 7.49. The summed E-state index contributed by atoms with van der Waals surface area (Å²) in [5.74, 6) is 0. The predicted octanol–water partition coefficient (Wildman–Crippen LogP) is 0.500. The van der Waals surface area contributed by atoms with E-state index in [0.717, 1.165) is 26.2 Å². The van der Waals surface area contributed by atoms with Gasteiger partial charge < -0.3 is 14.8 Å². The van der Waals surface area contributed by atoms with Crippen LogP contribution >= 0.6 is 0 Å². The van der Waals surface area contributed by atoms with Gasteiger partial charge in [-0.2, -0.15) is 0 Å². The van der Waals surface area contributed by atoms with E-state index in [2.05, 4.69) is 15.4 Å². The molecule has 0 aromatic rings. The second-order valence-corrected chi connectivity index (χ2v) is 4.43. The lowest BCUT2D eigenvalue weighted by molar-refractivity contribution is -0.138. The van der Waals surface area contributed by atoms with E-state index >= 15 is 0 Å². The molecule has 1 heterocycles. The van der Waals surface area contributed by atoms with Gasteiger partial charge in [0.15, 0.2) is 0 Å². The maximum atomic E-state index is 9.60. The first-order valence-corrected chi connectivity index (χ1v) is 5.66. The Kier molecular flexibility index (Phi) is 8.15. The number of hydrogen-bond donors (Lipinski definition) is 2. The van der Waals surface area contributed by atoms with Gasteiger partial charge in [-0.3, -0.25) is 10.1 Å². The number of ether oxygens (including phenoxy) is 2. The van der Waals surface area contributed by atoms with Crippen molar-refractivity contribution in [3.63, 3.8) is 0 Å². The van der Waals surface area contributed by atoms with Crippen LogP contribution in [-0.2, 0) is 14.3 Å². The zero-order valence-corrected chi connectivity index (χ0v) is 10.7. The quantitative estimate of drug-likeness (QED) is 0.694. The van der Waals surface area contributed by atoms with Crippen molar-refractivity contribution >= 4 is 6.47 Å². The monoisotopic (exact) mass is 232 g/mol. The van der Waals surface area contributed by atoms with Crippen LogP contribution in [0.15, 0.2) is 0 Å². The molecule has 0 aromatic carbocycles. The average molecular weight is 232 g/mol. The third kappa shape index (κ3) is 9.89. The Morgan fingerprint density at radius 1 is 1.38 bits per heavy atom. The molecule has 1 atom stereocenters. The average Bonchev–Trinajstić information content (AvgIpc) is 2.19. The summed E-state index contributed by atoms with van der Waals surface area (Å²) in [6, 6.07) is 0. The number of rotatable bonds is 3. The summed E-state index contributed by atoms with van der Waals surface area (Å²) >= 11 is 0. The molecule has 1 rings (SSSR count). The summed E-state index contributed by atoms with van der Waals surface area (Å²) in [6.07, 6.45) is 0.240. The highest BCUT2D eigenvalue weighted by molar-refractivity contribution is 5.37. The molecule has 0 spiro atoms. The lowest BCUT2D eigenvalue weighted by atomic mass is 10.2. The van der Waals surface area contributed by atoms with Crippen LogP contribution in [0.4, 0.5) is 0 Å².